The number of aromatic amines is 2. The smallest absolute Gasteiger partial charge is 0.174 e. The number of H-pyrrole nitrogens is 2. The standard InChI is InChI=1S/C13H14N2S/c16-13-14-11-7-6-10(8-12(11)15-13)9-4-2-1-3-5-9/h1-5,10H,6-8H2,(H2,14,15,16). The third-order valence-corrected chi connectivity index (χ3v) is 3.56. The van der Waals surface area contributed by atoms with Gasteiger partial charge in [0.2, 0.25) is 0 Å². The second-order valence-electron chi connectivity index (χ2n) is 4.39. The molecule has 3 rings (SSSR count). The maximum atomic E-state index is 5.12. The van der Waals surface area contributed by atoms with Crippen molar-refractivity contribution in [2.45, 2.75) is 25.2 Å². The van der Waals surface area contributed by atoms with Crippen LogP contribution in [0.4, 0.5) is 0 Å². The van der Waals surface area contributed by atoms with E-state index in [2.05, 4.69) is 40.3 Å². The topological polar surface area (TPSA) is 31.6 Å². The number of aryl methyl sites for hydroxylation is 1. The summed E-state index contributed by atoms with van der Waals surface area (Å²) < 4.78 is 0.763. The maximum absolute atomic E-state index is 5.12. The zero-order valence-corrected chi connectivity index (χ0v) is 9.81. The van der Waals surface area contributed by atoms with Gasteiger partial charge in [-0.25, -0.2) is 0 Å². The Hall–Kier alpha value is -1.35. The van der Waals surface area contributed by atoms with Crippen LogP contribution in [0.3, 0.4) is 0 Å². The summed E-state index contributed by atoms with van der Waals surface area (Å²) in [6, 6.07) is 10.7. The Kier molecular flexibility index (Phi) is 2.40. The quantitative estimate of drug-likeness (QED) is 0.723. The molecule has 1 unspecified atom stereocenters. The molecule has 0 saturated heterocycles. The number of imidazole rings is 1. The van der Waals surface area contributed by atoms with E-state index in [1.165, 1.54) is 23.4 Å². The zero-order chi connectivity index (χ0) is 11.0. The van der Waals surface area contributed by atoms with E-state index in [0.717, 1.165) is 17.6 Å². The fraction of sp³-hybridized carbons (Fsp3) is 0.308. The van der Waals surface area contributed by atoms with Crippen LogP contribution in [-0.4, -0.2) is 9.97 Å². The monoisotopic (exact) mass is 230 g/mol. The molecule has 1 aromatic heterocycles. The molecule has 2 aromatic rings. The lowest BCUT2D eigenvalue weighted by Gasteiger charge is -2.21. The fourth-order valence-corrected chi connectivity index (χ4v) is 2.77. The normalized spacial score (nSPS) is 19.4. The van der Waals surface area contributed by atoms with Gasteiger partial charge in [0, 0.05) is 11.4 Å². The van der Waals surface area contributed by atoms with Gasteiger partial charge in [0.15, 0.2) is 4.77 Å². The van der Waals surface area contributed by atoms with Crippen LogP contribution in [0.2, 0.25) is 0 Å². The molecule has 2 nitrogen and oxygen atoms in total. The lowest BCUT2D eigenvalue weighted by Crippen LogP contribution is -2.12. The highest BCUT2D eigenvalue weighted by molar-refractivity contribution is 7.71. The molecule has 1 aliphatic rings. The van der Waals surface area contributed by atoms with Crippen LogP contribution in [-0.2, 0) is 12.8 Å². The summed E-state index contributed by atoms with van der Waals surface area (Å²) in [5, 5.41) is 0. The Morgan fingerprint density at radius 1 is 1.06 bits per heavy atom. The minimum absolute atomic E-state index is 0.634. The molecule has 0 bridgehead atoms. The van der Waals surface area contributed by atoms with Crippen LogP contribution in [0.1, 0.15) is 29.3 Å². The molecule has 1 aromatic carbocycles. The van der Waals surface area contributed by atoms with Crippen molar-refractivity contribution >= 4 is 12.2 Å². The molecule has 1 aliphatic carbocycles. The van der Waals surface area contributed by atoms with Crippen LogP contribution >= 0.6 is 12.2 Å². The van der Waals surface area contributed by atoms with Crippen molar-refractivity contribution in [3.8, 4) is 0 Å². The molecule has 0 amide bonds. The average molecular weight is 230 g/mol. The molecular weight excluding hydrogens is 216 g/mol. The minimum atomic E-state index is 0.634. The first-order valence-electron chi connectivity index (χ1n) is 5.68. The van der Waals surface area contributed by atoms with E-state index in [9.17, 15) is 0 Å². The summed E-state index contributed by atoms with van der Waals surface area (Å²) in [4.78, 5) is 6.48. The van der Waals surface area contributed by atoms with E-state index in [-0.39, 0.29) is 0 Å². The Morgan fingerprint density at radius 3 is 2.62 bits per heavy atom. The fourth-order valence-electron chi connectivity index (χ4n) is 2.52. The van der Waals surface area contributed by atoms with Gasteiger partial charge < -0.3 is 9.97 Å². The summed E-state index contributed by atoms with van der Waals surface area (Å²) >= 11 is 5.12. The molecule has 0 aliphatic heterocycles. The van der Waals surface area contributed by atoms with Crippen LogP contribution in [0, 0.1) is 4.77 Å². The lowest BCUT2D eigenvalue weighted by molar-refractivity contribution is 0.572. The Labute approximate surface area is 99.7 Å². The number of aromatic nitrogens is 2. The van der Waals surface area contributed by atoms with E-state index in [0.29, 0.717) is 5.92 Å². The second-order valence-corrected chi connectivity index (χ2v) is 4.79. The van der Waals surface area contributed by atoms with Crippen LogP contribution in [0.25, 0.3) is 0 Å². The minimum Gasteiger partial charge on any atom is -0.334 e. The number of hydrogen-bond donors (Lipinski definition) is 2. The van der Waals surface area contributed by atoms with Crippen molar-refractivity contribution in [3.63, 3.8) is 0 Å². The van der Waals surface area contributed by atoms with E-state index in [1.807, 2.05) is 0 Å². The van der Waals surface area contributed by atoms with Gasteiger partial charge in [-0.2, -0.15) is 0 Å². The van der Waals surface area contributed by atoms with E-state index in [1.54, 1.807) is 0 Å². The Balaban J connectivity index is 1.91. The molecule has 0 saturated carbocycles. The average Bonchev–Trinajstić information content (AvgIpc) is 2.69. The predicted octanol–water partition coefficient (Wildman–Crippen LogP) is 3.34. The molecule has 1 atom stereocenters. The van der Waals surface area contributed by atoms with E-state index in [4.69, 9.17) is 12.2 Å². The van der Waals surface area contributed by atoms with Gasteiger partial charge in [-0.1, -0.05) is 30.3 Å². The molecular formula is C13H14N2S. The highest BCUT2D eigenvalue weighted by Crippen LogP contribution is 2.30. The van der Waals surface area contributed by atoms with Gasteiger partial charge in [-0.05, 0) is 43.0 Å². The summed E-state index contributed by atoms with van der Waals surface area (Å²) in [5.41, 5.74) is 4.04. The molecule has 0 fully saturated rings. The number of benzene rings is 1. The van der Waals surface area contributed by atoms with Crippen LogP contribution in [0.5, 0.6) is 0 Å². The summed E-state index contributed by atoms with van der Waals surface area (Å²) in [6.45, 7) is 0. The number of fused-ring (bicyclic) bond motifs is 1. The molecule has 16 heavy (non-hydrogen) atoms. The Bertz CT molecular complexity index is 539. The number of hydrogen-bond acceptors (Lipinski definition) is 1. The van der Waals surface area contributed by atoms with Gasteiger partial charge in [-0.3, -0.25) is 0 Å². The molecule has 2 N–H and O–H groups in total. The highest BCUT2D eigenvalue weighted by Gasteiger charge is 2.21. The van der Waals surface area contributed by atoms with Crippen LogP contribution < -0.4 is 0 Å². The van der Waals surface area contributed by atoms with Crippen molar-refractivity contribution in [1.82, 2.24) is 9.97 Å². The van der Waals surface area contributed by atoms with Crippen molar-refractivity contribution in [2.75, 3.05) is 0 Å². The van der Waals surface area contributed by atoms with E-state index < -0.39 is 0 Å². The lowest BCUT2D eigenvalue weighted by atomic mass is 9.85. The highest BCUT2D eigenvalue weighted by atomic mass is 32.1. The second kappa shape index (κ2) is 3.91. The summed E-state index contributed by atoms with van der Waals surface area (Å²) in [7, 11) is 0. The van der Waals surface area contributed by atoms with Crippen molar-refractivity contribution in [1.29, 1.82) is 0 Å². The first kappa shape index (κ1) is 9.85. The third-order valence-electron chi connectivity index (χ3n) is 3.36. The van der Waals surface area contributed by atoms with Gasteiger partial charge in [0.1, 0.15) is 0 Å². The first-order chi connectivity index (χ1) is 7.83. The van der Waals surface area contributed by atoms with E-state index >= 15 is 0 Å². The maximum Gasteiger partial charge on any atom is 0.174 e. The molecule has 3 heteroatoms. The third kappa shape index (κ3) is 1.71. The molecule has 82 valence electrons. The van der Waals surface area contributed by atoms with Crippen molar-refractivity contribution < 1.29 is 0 Å². The molecule has 0 spiro atoms. The van der Waals surface area contributed by atoms with Crippen molar-refractivity contribution in [3.05, 3.63) is 52.1 Å². The Morgan fingerprint density at radius 2 is 1.81 bits per heavy atom. The molecule has 1 heterocycles. The summed E-state index contributed by atoms with van der Waals surface area (Å²) in [5.74, 6) is 0.634. The largest absolute Gasteiger partial charge is 0.334 e. The number of nitrogens with one attached hydrogen (secondary N) is 2. The van der Waals surface area contributed by atoms with Gasteiger partial charge >= 0.3 is 0 Å². The molecule has 0 radical (unpaired) electrons. The van der Waals surface area contributed by atoms with Gasteiger partial charge in [-0.15, -0.1) is 0 Å². The zero-order valence-electron chi connectivity index (χ0n) is 8.99. The summed E-state index contributed by atoms with van der Waals surface area (Å²) in [6.07, 6.45) is 3.38. The first-order valence-corrected chi connectivity index (χ1v) is 6.09. The van der Waals surface area contributed by atoms with Gasteiger partial charge in [0.25, 0.3) is 0 Å². The number of rotatable bonds is 1. The predicted molar refractivity (Wildman–Crippen MR) is 67.2 cm³/mol. The van der Waals surface area contributed by atoms with Crippen molar-refractivity contribution in [2.24, 2.45) is 0 Å². The SMILES string of the molecule is S=c1[nH]c2c([nH]1)CC(c1ccccc1)CC2. The van der Waals surface area contributed by atoms with Gasteiger partial charge in [0.05, 0.1) is 0 Å². The van der Waals surface area contributed by atoms with Crippen LogP contribution in [0.15, 0.2) is 30.3 Å².